The molecule has 2 N–H and O–H groups in total. The number of rotatable bonds is 7. The van der Waals surface area contributed by atoms with Crippen LogP contribution in [0, 0.1) is 0 Å². The van der Waals surface area contributed by atoms with E-state index in [2.05, 4.69) is 34.6 Å². The fourth-order valence-corrected chi connectivity index (χ4v) is 4.99. The van der Waals surface area contributed by atoms with Gasteiger partial charge in [-0.1, -0.05) is 66.7 Å². The van der Waals surface area contributed by atoms with Crippen LogP contribution in [0.15, 0.2) is 78.9 Å². The molecule has 5 rings (SSSR count). The predicted octanol–water partition coefficient (Wildman–Crippen LogP) is 4.45. The third kappa shape index (κ3) is 4.10. The van der Waals surface area contributed by atoms with Gasteiger partial charge in [0.2, 0.25) is 5.91 Å². The lowest BCUT2D eigenvalue weighted by Crippen LogP contribution is -2.48. The molecule has 1 aromatic heterocycles. The van der Waals surface area contributed by atoms with E-state index in [1.165, 1.54) is 0 Å². The highest BCUT2D eigenvalue weighted by atomic mass is 16.2. The lowest BCUT2D eigenvalue weighted by Gasteiger charge is -2.31. The van der Waals surface area contributed by atoms with Gasteiger partial charge >= 0.3 is 0 Å². The summed E-state index contributed by atoms with van der Waals surface area (Å²) in [7, 11) is 3.93. The molecular formula is C29H30N4O2. The minimum absolute atomic E-state index is 0.120. The van der Waals surface area contributed by atoms with E-state index in [9.17, 15) is 9.59 Å². The number of benzene rings is 3. The van der Waals surface area contributed by atoms with Crippen LogP contribution in [-0.4, -0.2) is 59.8 Å². The Hall–Kier alpha value is -3.90. The lowest BCUT2D eigenvalue weighted by molar-refractivity contribution is -0.125. The molecule has 178 valence electrons. The van der Waals surface area contributed by atoms with E-state index in [4.69, 9.17) is 0 Å². The van der Waals surface area contributed by atoms with Crippen molar-refractivity contribution in [3.63, 3.8) is 0 Å². The maximum absolute atomic E-state index is 13.7. The van der Waals surface area contributed by atoms with Gasteiger partial charge in [-0.15, -0.1) is 0 Å². The summed E-state index contributed by atoms with van der Waals surface area (Å²) in [5, 5.41) is 4.05. The van der Waals surface area contributed by atoms with Gasteiger partial charge in [0.25, 0.3) is 5.91 Å². The van der Waals surface area contributed by atoms with Crippen molar-refractivity contribution in [1.29, 1.82) is 0 Å². The van der Waals surface area contributed by atoms with Gasteiger partial charge in [0.15, 0.2) is 0 Å². The molecule has 4 aromatic rings. The van der Waals surface area contributed by atoms with Gasteiger partial charge in [-0.25, -0.2) is 0 Å². The molecule has 2 heterocycles. The molecule has 1 aliphatic heterocycles. The fourth-order valence-electron chi connectivity index (χ4n) is 4.99. The van der Waals surface area contributed by atoms with Gasteiger partial charge in [-0.2, -0.15) is 0 Å². The first kappa shape index (κ1) is 22.9. The number of carbonyl (C=O) groups excluding carboxylic acids is 2. The maximum Gasteiger partial charge on any atom is 0.255 e. The normalized spacial score (nSPS) is 16.1. The van der Waals surface area contributed by atoms with Gasteiger partial charge < -0.3 is 20.1 Å². The molecule has 2 unspecified atom stereocenters. The van der Waals surface area contributed by atoms with Crippen LogP contribution < -0.4 is 5.32 Å². The number of likely N-dealkylation sites (N-methyl/N-ethyl adjacent to an activating group) is 1. The van der Waals surface area contributed by atoms with Crippen molar-refractivity contribution in [2.75, 3.05) is 27.2 Å². The van der Waals surface area contributed by atoms with Crippen molar-refractivity contribution in [3.8, 4) is 11.3 Å². The summed E-state index contributed by atoms with van der Waals surface area (Å²) in [4.78, 5) is 34.3. The number of nitrogens with zero attached hydrogens (tertiary/aromatic N) is 2. The Morgan fingerprint density at radius 3 is 2.46 bits per heavy atom. The number of hydrogen-bond acceptors (Lipinski definition) is 3. The van der Waals surface area contributed by atoms with Crippen molar-refractivity contribution in [3.05, 3.63) is 95.6 Å². The molecule has 3 aromatic carbocycles. The number of fused-ring (bicyclic) bond motifs is 2. The van der Waals surface area contributed by atoms with Crippen LogP contribution in [0.5, 0.6) is 0 Å². The Morgan fingerprint density at radius 2 is 1.69 bits per heavy atom. The number of para-hydroxylation sites is 1. The van der Waals surface area contributed by atoms with E-state index in [0.29, 0.717) is 12.1 Å². The molecule has 0 bridgehead atoms. The lowest BCUT2D eigenvalue weighted by atomic mass is 9.92. The number of aromatic nitrogens is 1. The molecule has 35 heavy (non-hydrogen) atoms. The minimum Gasteiger partial charge on any atom is -0.354 e. The molecule has 1 aliphatic rings. The van der Waals surface area contributed by atoms with E-state index in [1.54, 1.807) is 4.90 Å². The Bertz CT molecular complexity index is 1380. The standard InChI is InChI=1S/C29H30N4O2/c1-19(28(34)30-17-18-32(2)3)33-27(21-13-7-8-14-22(21)29(33)35)25-23-15-9-10-16-24(23)31-26(25)20-11-5-4-6-12-20/h4-16,19,27,31H,17-18H2,1-3H3,(H,30,34). The molecule has 2 amide bonds. The van der Waals surface area contributed by atoms with E-state index in [1.807, 2.05) is 80.5 Å². The first-order valence-electron chi connectivity index (χ1n) is 12.0. The van der Waals surface area contributed by atoms with Crippen LogP contribution in [0.4, 0.5) is 0 Å². The molecule has 0 saturated heterocycles. The number of carbonyl (C=O) groups is 2. The topological polar surface area (TPSA) is 68.4 Å². The summed E-state index contributed by atoms with van der Waals surface area (Å²) in [6.07, 6.45) is 0. The molecular weight excluding hydrogens is 436 g/mol. The molecule has 0 saturated carbocycles. The number of aromatic amines is 1. The van der Waals surface area contributed by atoms with Gasteiger partial charge in [-0.05, 0) is 44.3 Å². The summed E-state index contributed by atoms with van der Waals surface area (Å²) in [5.74, 6) is -0.274. The predicted molar refractivity (Wildman–Crippen MR) is 139 cm³/mol. The average Bonchev–Trinajstić information content (AvgIpc) is 3.39. The van der Waals surface area contributed by atoms with E-state index < -0.39 is 6.04 Å². The van der Waals surface area contributed by atoms with Crippen LogP contribution >= 0.6 is 0 Å². The van der Waals surface area contributed by atoms with Crippen molar-refractivity contribution in [2.45, 2.75) is 19.0 Å². The Kier molecular flexibility index (Phi) is 6.14. The van der Waals surface area contributed by atoms with Crippen molar-refractivity contribution in [2.24, 2.45) is 0 Å². The van der Waals surface area contributed by atoms with Crippen molar-refractivity contribution in [1.82, 2.24) is 20.1 Å². The maximum atomic E-state index is 13.7. The first-order chi connectivity index (χ1) is 17.0. The smallest absolute Gasteiger partial charge is 0.255 e. The average molecular weight is 467 g/mol. The highest BCUT2D eigenvalue weighted by molar-refractivity contribution is 6.04. The molecule has 0 radical (unpaired) electrons. The first-order valence-corrected chi connectivity index (χ1v) is 12.0. The zero-order valence-electron chi connectivity index (χ0n) is 20.3. The number of H-pyrrole nitrogens is 1. The van der Waals surface area contributed by atoms with Crippen LogP contribution in [0.3, 0.4) is 0 Å². The molecule has 0 spiro atoms. The Morgan fingerprint density at radius 1 is 1.00 bits per heavy atom. The molecule has 6 heteroatoms. The van der Waals surface area contributed by atoms with Gasteiger partial charge in [0.05, 0.1) is 11.7 Å². The molecule has 0 fully saturated rings. The highest BCUT2D eigenvalue weighted by Gasteiger charge is 2.44. The fraction of sp³-hybridized carbons (Fsp3) is 0.241. The summed E-state index contributed by atoms with van der Waals surface area (Å²) in [5.41, 5.74) is 5.59. The van der Waals surface area contributed by atoms with Gasteiger partial charge in [-0.3, -0.25) is 9.59 Å². The van der Waals surface area contributed by atoms with Gasteiger partial charge in [0.1, 0.15) is 6.04 Å². The van der Waals surface area contributed by atoms with E-state index >= 15 is 0 Å². The third-order valence-electron chi connectivity index (χ3n) is 6.74. The molecule has 2 atom stereocenters. The Labute approximate surface area is 205 Å². The highest BCUT2D eigenvalue weighted by Crippen LogP contribution is 2.46. The van der Waals surface area contributed by atoms with Crippen LogP contribution in [-0.2, 0) is 4.79 Å². The summed E-state index contributed by atoms with van der Waals surface area (Å²) in [6.45, 7) is 3.08. The quantitative estimate of drug-likeness (QED) is 0.423. The molecule has 6 nitrogen and oxygen atoms in total. The number of amides is 2. The molecule has 0 aliphatic carbocycles. The second-order valence-electron chi connectivity index (χ2n) is 9.30. The summed E-state index contributed by atoms with van der Waals surface area (Å²) < 4.78 is 0. The largest absolute Gasteiger partial charge is 0.354 e. The van der Waals surface area contributed by atoms with Crippen molar-refractivity contribution < 1.29 is 9.59 Å². The summed E-state index contributed by atoms with van der Waals surface area (Å²) >= 11 is 0. The SMILES string of the molecule is CC(C(=O)NCCN(C)C)N1C(=O)c2ccccc2C1c1c(-c2ccccc2)[nH]c2ccccc12. The zero-order chi connectivity index (χ0) is 24.5. The van der Waals surface area contributed by atoms with Crippen molar-refractivity contribution >= 4 is 22.7 Å². The van der Waals surface area contributed by atoms with Gasteiger partial charge in [0, 0.05) is 35.1 Å². The number of hydrogen-bond donors (Lipinski definition) is 2. The van der Waals surface area contributed by atoms with Crippen LogP contribution in [0.1, 0.15) is 34.5 Å². The zero-order valence-corrected chi connectivity index (χ0v) is 20.3. The second-order valence-corrected chi connectivity index (χ2v) is 9.30. The minimum atomic E-state index is -0.639. The van der Waals surface area contributed by atoms with Crippen LogP contribution in [0.2, 0.25) is 0 Å². The van der Waals surface area contributed by atoms with E-state index in [0.717, 1.165) is 39.8 Å². The monoisotopic (exact) mass is 466 g/mol. The van der Waals surface area contributed by atoms with E-state index in [-0.39, 0.29) is 17.9 Å². The summed E-state index contributed by atoms with van der Waals surface area (Å²) in [6, 6.07) is 25.0. The second kappa shape index (κ2) is 9.39. The number of nitrogens with one attached hydrogen (secondary N) is 2. The Balaban J connectivity index is 1.66. The third-order valence-corrected chi connectivity index (χ3v) is 6.74. The van der Waals surface area contributed by atoms with Crippen LogP contribution in [0.25, 0.3) is 22.2 Å².